The molecule has 0 unspecified atom stereocenters. The first kappa shape index (κ1) is 50.7. The summed E-state index contributed by atoms with van der Waals surface area (Å²) < 4.78 is 5.48. The van der Waals surface area contributed by atoms with Crippen LogP contribution in [0.4, 0.5) is 0 Å². The van der Waals surface area contributed by atoms with Gasteiger partial charge in [-0.15, -0.1) is 0 Å². The second kappa shape index (κ2) is 25.9. The Morgan fingerprint density at radius 3 is 1.63 bits per heavy atom. The molecule has 2 rings (SSSR count). The molecule has 0 aliphatic carbocycles. The van der Waals surface area contributed by atoms with Gasteiger partial charge >= 0.3 is 5.97 Å². The maximum absolute atomic E-state index is 14.6. The van der Waals surface area contributed by atoms with E-state index in [-0.39, 0.29) is 31.1 Å². The number of benzene rings is 1. The number of carbonyl (C=O) groups excluding carboxylic acids is 7. The van der Waals surface area contributed by atoms with Crippen LogP contribution in [0, 0.1) is 11.8 Å². The summed E-state index contributed by atoms with van der Waals surface area (Å²) in [6.45, 7) is 12.8. The summed E-state index contributed by atoms with van der Waals surface area (Å²) in [5.74, 6) is -4.19. The molecular weight excluding hydrogens is 753 g/mol. The molecule has 1 aromatic carbocycles. The van der Waals surface area contributed by atoms with Crippen LogP contribution in [0.25, 0.3) is 0 Å². The number of nitrogens with one attached hydrogen (secondary N) is 3. The molecule has 14 nitrogen and oxygen atoms in total. The number of esters is 1. The first-order chi connectivity index (χ1) is 27.9. The molecule has 0 spiro atoms. The van der Waals surface area contributed by atoms with Gasteiger partial charge in [-0.3, -0.25) is 33.6 Å². The number of rotatable bonds is 16. The van der Waals surface area contributed by atoms with E-state index >= 15 is 0 Å². The lowest BCUT2D eigenvalue weighted by atomic mass is 9.97. The third kappa shape index (κ3) is 17.0. The number of hydrogen-bond acceptors (Lipinski definition) is 8. The Hall–Kier alpha value is -4.49. The normalized spacial score (nSPS) is 23.9. The summed E-state index contributed by atoms with van der Waals surface area (Å²) in [5, 5.41) is 8.65. The first-order valence-electron chi connectivity index (χ1n) is 21.8. The van der Waals surface area contributed by atoms with Crippen LogP contribution in [-0.2, 0) is 44.7 Å². The number of ether oxygens (including phenoxy) is 1. The summed E-state index contributed by atoms with van der Waals surface area (Å²) in [6, 6.07) is 4.08. The van der Waals surface area contributed by atoms with Gasteiger partial charge in [0, 0.05) is 27.6 Å². The van der Waals surface area contributed by atoms with Gasteiger partial charge < -0.3 is 35.4 Å². The lowest BCUT2D eigenvalue weighted by Gasteiger charge is -2.35. The Morgan fingerprint density at radius 1 is 0.610 bits per heavy atom. The van der Waals surface area contributed by atoms with Gasteiger partial charge in [0.25, 0.3) is 5.91 Å². The number of amides is 6. The van der Waals surface area contributed by atoms with Crippen LogP contribution in [0.3, 0.4) is 0 Å². The standard InChI is InChI=1S/C45H74N6O8/c1-11-13-15-20-24-34-43(56)49(8)29-39(52)59-32(7)40(53)46-35(25-21-16-14-12-2)44(57)50(9)37(27-31(5)6)41(54)48-36(26-30(3)4)45(58)51(10)38(42(55)47-34)28-33-22-18-17-19-23-33/h17-19,22-23,30-32,34-38H,11-16,20-21,24-29H2,1-10H3,(H,46,53)(H,47,55)(H,48,54)/t32-,34+,35+,36+,37+,38+/m1/s1. The van der Waals surface area contributed by atoms with Crippen LogP contribution in [0.15, 0.2) is 30.3 Å². The van der Waals surface area contributed by atoms with Crippen LogP contribution < -0.4 is 16.0 Å². The van der Waals surface area contributed by atoms with Crippen molar-refractivity contribution in [2.75, 3.05) is 27.7 Å². The van der Waals surface area contributed by atoms with Gasteiger partial charge in [0.05, 0.1) is 0 Å². The zero-order valence-electron chi connectivity index (χ0n) is 37.5. The van der Waals surface area contributed by atoms with Gasteiger partial charge in [-0.05, 0) is 50.0 Å². The van der Waals surface area contributed by atoms with Crippen molar-refractivity contribution in [3.8, 4) is 0 Å². The van der Waals surface area contributed by atoms with E-state index in [2.05, 4.69) is 29.8 Å². The highest BCUT2D eigenvalue weighted by molar-refractivity contribution is 5.97. The Bertz CT molecular complexity index is 1520. The van der Waals surface area contributed by atoms with Crippen molar-refractivity contribution in [3.05, 3.63) is 35.9 Å². The fourth-order valence-corrected chi connectivity index (χ4v) is 7.34. The van der Waals surface area contributed by atoms with Crippen LogP contribution in [0.1, 0.15) is 131 Å². The summed E-state index contributed by atoms with van der Waals surface area (Å²) >= 11 is 0. The second-order valence-corrected chi connectivity index (χ2v) is 17.1. The van der Waals surface area contributed by atoms with Crippen molar-refractivity contribution in [2.45, 2.75) is 168 Å². The van der Waals surface area contributed by atoms with E-state index in [1.165, 1.54) is 42.8 Å². The van der Waals surface area contributed by atoms with Gasteiger partial charge in [0.1, 0.15) is 36.8 Å². The highest BCUT2D eigenvalue weighted by atomic mass is 16.5. The van der Waals surface area contributed by atoms with Crippen LogP contribution in [0.5, 0.6) is 0 Å². The Balaban J connectivity index is 2.73. The molecule has 6 amide bonds. The smallest absolute Gasteiger partial charge is 0.326 e. The highest BCUT2D eigenvalue weighted by Crippen LogP contribution is 2.19. The van der Waals surface area contributed by atoms with E-state index in [9.17, 15) is 33.6 Å². The molecule has 3 N–H and O–H groups in total. The zero-order chi connectivity index (χ0) is 44.2. The van der Waals surface area contributed by atoms with Crippen molar-refractivity contribution < 1.29 is 38.3 Å². The molecule has 1 saturated heterocycles. The van der Waals surface area contributed by atoms with E-state index < -0.39 is 84.3 Å². The van der Waals surface area contributed by atoms with E-state index in [4.69, 9.17) is 4.74 Å². The van der Waals surface area contributed by atoms with Gasteiger partial charge in [0.2, 0.25) is 29.5 Å². The highest BCUT2D eigenvalue weighted by Gasteiger charge is 2.39. The number of hydrogen-bond donors (Lipinski definition) is 3. The molecule has 1 aromatic rings. The number of nitrogens with zero attached hydrogens (tertiary/aromatic N) is 3. The summed E-state index contributed by atoms with van der Waals surface area (Å²) in [5.41, 5.74) is 0.784. The van der Waals surface area contributed by atoms with Gasteiger partial charge in [-0.2, -0.15) is 0 Å². The van der Waals surface area contributed by atoms with E-state index in [0.717, 1.165) is 44.1 Å². The third-order valence-corrected chi connectivity index (χ3v) is 10.9. The molecule has 14 heteroatoms. The quantitative estimate of drug-likeness (QED) is 0.158. The number of likely N-dealkylation sites (N-methyl/N-ethyl adjacent to an activating group) is 3. The fraction of sp³-hybridized carbons (Fsp3) is 0.711. The number of carbonyl (C=O) groups is 7. The minimum atomic E-state index is -1.30. The Labute approximate surface area is 353 Å². The average molecular weight is 827 g/mol. The molecule has 0 saturated carbocycles. The molecule has 1 aliphatic heterocycles. The second-order valence-electron chi connectivity index (χ2n) is 17.1. The molecule has 0 radical (unpaired) electrons. The summed E-state index contributed by atoms with van der Waals surface area (Å²) in [6.07, 6.45) is 6.68. The van der Waals surface area contributed by atoms with Crippen LogP contribution >= 0.6 is 0 Å². The molecule has 6 atom stereocenters. The van der Waals surface area contributed by atoms with Crippen molar-refractivity contribution in [3.63, 3.8) is 0 Å². The summed E-state index contributed by atoms with van der Waals surface area (Å²) in [4.78, 5) is 102. The van der Waals surface area contributed by atoms with Gasteiger partial charge in [-0.25, -0.2) is 0 Å². The lowest BCUT2D eigenvalue weighted by molar-refractivity contribution is -0.158. The molecule has 0 aromatic heterocycles. The van der Waals surface area contributed by atoms with E-state index in [0.29, 0.717) is 25.7 Å². The topological polar surface area (TPSA) is 175 Å². The zero-order valence-corrected chi connectivity index (χ0v) is 37.5. The predicted octanol–water partition coefficient (Wildman–Crippen LogP) is 4.77. The predicted molar refractivity (Wildman–Crippen MR) is 229 cm³/mol. The van der Waals surface area contributed by atoms with E-state index in [1.807, 2.05) is 58.0 Å². The molecular formula is C45H74N6O8. The Kier molecular flexibility index (Phi) is 22.2. The largest absolute Gasteiger partial charge is 0.451 e. The maximum Gasteiger partial charge on any atom is 0.326 e. The van der Waals surface area contributed by atoms with Crippen LogP contribution in [0.2, 0.25) is 0 Å². The van der Waals surface area contributed by atoms with Crippen LogP contribution in [-0.4, -0.2) is 120 Å². The molecule has 0 bridgehead atoms. The maximum atomic E-state index is 14.6. The number of cyclic esters (lactones) is 1. The molecule has 332 valence electrons. The molecule has 59 heavy (non-hydrogen) atoms. The SMILES string of the molecule is CCCCCC[C@@H]1NC(=O)[C@H](Cc2ccccc2)N(C)C(=O)[C@H](CC(C)C)NC(=O)[C@H](CC(C)C)N(C)C(=O)[C@H](CCCCCC)NC(=O)[C@@H](C)OC(=O)CN(C)C1=O. The Morgan fingerprint density at radius 2 is 1.08 bits per heavy atom. The third-order valence-electron chi connectivity index (χ3n) is 10.9. The number of unbranched alkanes of at least 4 members (excludes halogenated alkanes) is 6. The van der Waals surface area contributed by atoms with Crippen molar-refractivity contribution in [2.24, 2.45) is 11.8 Å². The van der Waals surface area contributed by atoms with Gasteiger partial charge in [0.15, 0.2) is 6.10 Å². The van der Waals surface area contributed by atoms with Gasteiger partial charge in [-0.1, -0.05) is 123 Å². The molecule has 1 aliphatic rings. The lowest BCUT2D eigenvalue weighted by Crippen LogP contribution is -2.60. The van der Waals surface area contributed by atoms with E-state index in [1.54, 1.807) is 0 Å². The average Bonchev–Trinajstić information content (AvgIpc) is 3.19. The molecule has 1 heterocycles. The minimum absolute atomic E-state index is 0.0239. The minimum Gasteiger partial charge on any atom is -0.451 e. The van der Waals surface area contributed by atoms with Crippen molar-refractivity contribution in [1.29, 1.82) is 0 Å². The van der Waals surface area contributed by atoms with Crippen molar-refractivity contribution in [1.82, 2.24) is 30.7 Å². The first-order valence-corrected chi connectivity index (χ1v) is 21.8. The fourth-order valence-electron chi connectivity index (χ4n) is 7.34. The summed E-state index contributed by atoms with van der Waals surface area (Å²) in [7, 11) is 4.48. The molecule has 1 fully saturated rings. The monoisotopic (exact) mass is 827 g/mol. The van der Waals surface area contributed by atoms with Crippen molar-refractivity contribution >= 4 is 41.4 Å².